The van der Waals surface area contributed by atoms with E-state index in [9.17, 15) is 0 Å². The van der Waals surface area contributed by atoms with E-state index < -0.39 is 0 Å². The lowest BCUT2D eigenvalue weighted by atomic mass is 10.1. The lowest BCUT2D eigenvalue weighted by Crippen LogP contribution is -2.38. The van der Waals surface area contributed by atoms with Gasteiger partial charge in [0.2, 0.25) is 0 Å². The molecule has 0 saturated heterocycles. The first kappa shape index (κ1) is 27.2. The smallest absolute Gasteiger partial charge is 0.191 e. The fourth-order valence-corrected chi connectivity index (χ4v) is 2.86. The first-order valence-corrected chi connectivity index (χ1v) is 10.6. The Labute approximate surface area is 203 Å². The van der Waals surface area contributed by atoms with Crippen LogP contribution >= 0.6 is 24.0 Å². The molecule has 0 radical (unpaired) electrons. The highest BCUT2D eigenvalue weighted by molar-refractivity contribution is 14.0. The van der Waals surface area contributed by atoms with Gasteiger partial charge in [0.15, 0.2) is 5.96 Å². The van der Waals surface area contributed by atoms with E-state index in [1.807, 2.05) is 44.2 Å². The van der Waals surface area contributed by atoms with Crippen LogP contribution in [0.15, 0.2) is 53.5 Å². The Balaban J connectivity index is 0.00000480. The molecule has 0 amide bonds. The van der Waals surface area contributed by atoms with Crippen molar-refractivity contribution in [1.29, 1.82) is 0 Å². The van der Waals surface area contributed by atoms with Crippen molar-refractivity contribution in [2.24, 2.45) is 4.99 Å². The fraction of sp³-hybridized carbons (Fsp3) is 0.458. The van der Waals surface area contributed by atoms with Gasteiger partial charge < -0.3 is 24.8 Å². The predicted molar refractivity (Wildman–Crippen MR) is 137 cm³/mol. The summed E-state index contributed by atoms with van der Waals surface area (Å²) in [5.74, 6) is 1.63. The van der Waals surface area contributed by atoms with E-state index in [1.165, 1.54) is 11.1 Å². The topological polar surface area (TPSA) is 64.1 Å². The molecule has 0 fully saturated rings. The Hall–Kier alpha value is -1.84. The molecule has 0 aromatic heterocycles. The molecule has 0 aliphatic rings. The predicted octanol–water partition coefficient (Wildman–Crippen LogP) is 4.51. The number of hydrogen-bond acceptors (Lipinski definition) is 4. The summed E-state index contributed by atoms with van der Waals surface area (Å²) in [6.45, 7) is 8.91. The maximum atomic E-state index is 5.60. The van der Waals surface area contributed by atoms with Crippen molar-refractivity contribution in [2.75, 3.05) is 33.5 Å². The first-order valence-electron chi connectivity index (χ1n) is 10.6. The fourth-order valence-electron chi connectivity index (χ4n) is 2.86. The van der Waals surface area contributed by atoms with E-state index in [2.05, 4.69) is 28.8 Å². The highest BCUT2D eigenvalue weighted by atomic mass is 127. The van der Waals surface area contributed by atoms with Crippen molar-refractivity contribution in [3.8, 4) is 5.75 Å². The van der Waals surface area contributed by atoms with Crippen LogP contribution in [0.3, 0.4) is 0 Å². The lowest BCUT2D eigenvalue weighted by molar-refractivity contribution is 0.133. The second-order valence-corrected chi connectivity index (χ2v) is 6.75. The summed E-state index contributed by atoms with van der Waals surface area (Å²) < 4.78 is 16.2. The number of benzene rings is 2. The molecule has 0 atom stereocenters. The van der Waals surface area contributed by atoms with Crippen LogP contribution in [0.4, 0.5) is 0 Å². The Morgan fingerprint density at radius 2 is 1.61 bits per heavy atom. The van der Waals surface area contributed by atoms with Crippen LogP contribution in [0.1, 0.15) is 37.0 Å². The maximum Gasteiger partial charge on any atom is 0.191 e. The van der Waals surface area contributed by atoms with Gasteiger partial charge in [0.25, 0.3) is 0 Å². The average Bonchev–Trinajstić information content (AvgIpc) is 2.79. The van der Waals surface area contributed by atoms with Gasteiger partial charge in [0.05, 0.1) is 20.3 Å². The standard InChI is InChI=1S/C24H35N3O3.HI/c1-4-29-16-8-15-25-24(26-17-20-11-13-23(28-3)14-12-20)27-18-21-9-6-7-10-22(21)19-30-5-2;/h6-7,9-14H,4-5,8,15-19H2,1-3H3,(H2,25,26,27);1H. The van der Waals surface area contributed by atoms with Crippen molar-refractivity contribution < 1.29 is 14.2 Å². The summed E-state index contributed by atoms with van der Waals surface area (Å²) in [5, 5.41) is 6.86. The molecule has 31 heavy (non-hydrogen) atoms. The summed E-state index contributed by atoms with van der Waals surface area (Å²) in [5.41, 5.74) is 3.53. The third kappa shape index (κ3) is 10.8. The number of hydrogen-bond donors (Lipinski definition) is 2. The number of guanidine groups is 1. The number of halogens is 1. The van der Waals surface area contributed by atoms with E-state index in [1.54, 1.807) is 7.11 Å². The van der Waals surface area contributed by atoms with Crippen LogP contribution in [-0.2, 0) is 29.2 Å². The van der Waals surface area contributed by atoms with Crippen LogP contribution in [-0.4, -0.2) is 39.4 Å². The largest absolute Gasteiger partial charge is 0.497 e. The molecule has 0 bridgehead atoms. The highest BCUT2D eigenvalue weighted by Gasteiger charge is 2.04. The first-order chi connectivity index (χ1) is 14.8. The van der Waals surface area contributed by atoms with Gasteiger partial charge in [-0.15, -0.1) is 24.0 Å². The molecule has 2 aromatic carbocycles. The van der Waals surface area contributed by atoms with E-state index >= 15 is 0 Å². The normalized spacial score (nSPS) is 11.0. The lowest BCUT2D eigenvalue weighted by Gasteiger charge is -2.15. The summed E-state index contributed by atoms with van der Waals surface area (Å²) >= 11 is 0. The van der Waals surface area contributed by atoms with E-state index in [4.69, 9.17) is 19.2 Å². The summed E-state index contributed by atoms with van der Waals surface area (Å²) in [4.78, 5) is 4.76. The second-order valence-electron chi connectivity index (χ2n) is 6.75. The molecule has 6 nitrogen and oxygen atoms in total. The summed E-state index contributed by atoms with van der Waals surface area (Å²) in [6, 6.07) is 16.3. The SMILES string of the molecule is CCOCCCNC(=NCc1ccc(OC)cc1)NCc1ccccc1COCC.I. The third-order valence-corrected chi connectivity index (χ3v) is 4.57. The zero-order chi connectivity index (χ0) is 21.4. The van der Waals surface area contributed by atoms with Crippen LogP contribution in [0, 0.1) is 0 Å². The molecule has 2 aromatic rings. The average molecular weight is 541 g/mol. The quantitative estimate of drug-likeness (QED) is 0.169. The van der Waals surface area contributed by atoms with E-state index in [0.29, 0.717) is 26.3 Å². The Bertz CT molecular complexity index is 754. The van der Waals surface area contributed by atoms with Gasteiger partial charge in [-0.3, -0.25) is 0 Å². The summed E-state index contributed by atoms with van der Waals surface area (Å²) in [6.07, 6.45) is 0.929. The molecule has 0 spiro atoms. The number of nitrogens with one attached hydrogen (secondary N) is 2. The van der Waals surface area contributed by atoms with Crippen LogP contribution in [0.25, 0.3) is 0 Å². The molecule has 2 N–H and O–H groups in total. The van der Waals surface area contributed by atoms with Crippen molar-refractivity contribution in [3.63, 3.8) is 0 Å². The molecule has 172 valence electrons. The van der Waals surface area contributed by atoms with Gasteiger partial charge >= 0.3 is 0 Å². The van der Waals surface area contributed by atoms with Gasteiger partial charge in [0.1, 0.15) is 5.75 Å². The van der Waals surface area contributed by atoms with Crippen molar-refractivity contribution in [3.05, 3.63) is 65.2 Å². The number of methoxy groups -OCH3 is 1. The molecule has 0 unspecified atom stereocenters. The minimum absolute atomic E-state index is 0. The van der Waals surface area contributed by atoms with Crippen LogP contribution in [0.2, 0.25) is 0 Å². The molecule has 2 rings (SSSR count). The van der Waals surface area contributed by atoms with E-state index in [-0.39, 0.29) is 24.0 Å². The summed E-state index contributed by atoms with van der Waals surface area (Å²) in [7, 11) is 1.67. The van der Waals surface area contributed by atoms with Gasteiger partial charge in [-0.2, -0.15) is 0 Å². The van der Waals surface area contributed by atoms with Gasteiger partial charge in [-0.25, -0.2) is 4.99 Å². The van der Waals surface area contributed by atoms with E-state index in [0.717, 1.165) is 43.5 Å². The Kier molecular flexibility index (Phi) is 14.7. The number of nitrogens with zero attached hydrogens (tertiary/aromatic N) is 1. The van der Waals surface area contributed by atoms with Gasteiger partial charge in [-0.05, 0) is 49.1 Å². The monoisotopic (exact) mass is 541 g/mol. The number of aliphatic imine (C=N–C) groups is 1. The Morgan fingerprint density at radius 1 is 0.903 bits per heavy atom. The molecular formula is C24H36IN3O3. The Morgan fingerprint density at radius 3 is 2.29 bits per heavy atom. The molecular weight excluding hydrogens is 505 g/mol. The zero-order valence-electron chi connectivity index (χ0n) is 18.9. The second kappa shape index (κ2) is 16.8. The zero-order valence-corrected chi connectivity index (χ0v) is 21.2. The van der Waals surface area contributed by atoms with Gasteiger partial charge in [-0.1, -0.05) is 36.4 Å². The molecule has 0 saturated carbocycles. The number of rotatable bonds is 13. The van der Waals surface area contributed by atoms with Crippen molar-refractivity contribution in [1.82, 2.24) is 10.6 Å². The third-order valence-electron chi connectivity index (χ3n) is 4.57. The minimum Gasteiger partial charge on any atom is -0.497 e. The van der Waals surface area contributed by atoms with Crippen LogP contribution in [0.5, 0.6) is 5.75 Å². The minimum atomic E-state index is 0. The van der Waals surface area contributed by atoms with Crippen molar-refractivity contribution in [2.45, 2.75) is 40.0 Å². The molecule has 0 aliphatic heterocycles. The van der Waals surface area contributed by atoms with Gasteiger partial charge in [0, 0.05) is 32.9 Å². The maximum absolute atomic E-state index is 5.60. The highest BCUT2D eigenvalue weighted by Crippen LogP contribution is 2.12. The van der Waals surface area contributed by atoms with Crippen molar-refractivity contribution >= 4 is 29.9 Å². The molecule has 0 aliphatic carbocycles. The van der Waals surface area contributed by atoms with Crippen LogP contribution < -0.4 is 15.4 Å². The number of ether oxygens (including phenoxy) is 3. The molecule has 7 heteroatoms. The molecule has 0 heterocycles.